The van der Waals surface area contributed by atoms with Crippen LogP contribution in [0.3, 0.4) is 0 Å². The molecule has 1 aliphatic rings. The normalized spacial score (nSPS) is 15.4. The predicted octanol–water partition coefficient (Wildman–Crippen LogP) is 2.44. The monoisotopic (exact) mass is 395 g/mol. The Kier molecular flexibility index (Phi) is 6.15. The average molecular weight is 395 g/mol. The summed E-state index contributed by atoms with van der Waals surface area (Å²) < 4.78 is 47.9. The number of nitrogens with zero attached hydrogens (tertiary/aromatic N) is 2. The molecule has 3 rings (SSSR count). The third-order valence-corrected chi connectivity index (χ3v) is 4.48. The first kappa shape index (κ1) is 20.1. The molecule has 9 heteroatoms. The van der Waals surface area contributed by atoms with Gasteiger partial charge >= 0.3 is 6.61 Å². The Morgan fingerprint density at radius 1 is 1.29 bits per heavy atom. The number of carbonyl (C=O) groups excluding carboxylic acids is 1. The summed E-state index contributed by atoms with van der Waals surface area (Å²) in [4.78, 5) is 16.9. The molecule has 28 heavy (non-hydrogen) atoms. The molecule has 0 atom stereocenters. The predicted molar refractivity (Wildman–Crippen MR) is 95.3 cm³/mol. The number of nitrogens with one attached hydrogen (secondary N) is 1. The lowest BCUT2D eigenvalue weighted by Crippen LogP contribution is -2.65. The van der Waals surface area contributed by atoms with Crippen LogP contribution in [0.2, 0.25) is 0 Å². The molecule has 1 N–H and O–H groups in total. The number of halogens is 3. The summed E-state index contributed by atoms with van der Waals surface area (Å²) in [5.74, 6) is -1.37. The lowest BCUT2D eigenvalue weighted by molar-refractivity contribution is -0.151. The van der Waals surface area contributed by atoms with Crippen molar-refractivity contribution in [2.45, 2.75) is 18.8 Å². The summed E-state index contributed by atoms with van der Waals surface area (Å²) in [6.45, 7) is -0.374. The number of hydrogen-bond acceptors (Lipinski definition) is 6. The van der Waals surface area contributed by atoms with Crippen LogP contribution in [-0.2, 0) is 16.1 Å². The highest BCUT2D eigenvalue weighted by Crippen LogP contribution is 2.28. The van der Waals surface area contributed by atoms with Crippen molar-refractivity contribution in [3.63, 3.8) is 0 Å². The summed E-state index contributed by atoms with van der Waals surface area (Å²) >= 11 is 0. The van der Waals surface area contributed by atoms with Crippen LogP contribution in [0.4, 0.5) is 13.2 Å². The quantitative estimate of drug-likeness (QED) is 0.658. The number of likely N-dealkylation sites (N-methyl/N-ethyl adjacent to an activating group) is 1. The fourth-order valence-electron chi connectivity index (χ4n) is 3.20. The Balaban J connectivity index is 1.73. The van der Waals surface area contributed by atoms with E-state index in [1.165, 1.54) is 12.1 Å². The smallest absolute Gasteiger partial charge is 0.387 e. The van der Waals surface area contributed by atoms with E-state index in [-0.39, 0.29) is 0 Å². The van der Waals surface area contributed by atoms with Gasteiger partial charge in [0.05, 0.1) is 0 Å². The van der Waals surface area contributed by atoms with Crippen molar-refractivity contribution in [3.05, 3.63) is 48.0 Å². The molecule has 0 aliphatic carbocycles. The first-order valence-electron chi connectivity index (χ1n) is 8.60. The van der Waals surface area contributed by atoms with Gasteiger partial charge < -0.3 is 14.8 Å². The number of rotatable bonds is 9. The Hall–Kier alpha value is -2.65. The van der Waals surface area contributed by atoms with Gasteiger partial charge in [0.15, 0.2) is 11.6 Å². The van der Waals surface area contributed by atoms with E-state index in [9.17, 15) is 18.0 Å². The van der Waals surface area contributed by atoms with Crippen molar-refractivity contribution in [1.29, 1.82) is 0 Å². The van der Waals surface area contributed by atoms with E-state index < -0.39 is 23.8 Å². The Morgan fingerprint density at radius 3 is 2.71 bits per heavy atom. The van der Waals surface area contributed by atoms with Gasteiger partial charge in [-0.2, -0.15) is 8.78 Å². The van der Waals surface area contributed by atoms with Crippen molar-refractivity contribution in [1.82, 2.24) is 15.2 Å². The fraction of sp³-hybridized carbons (Fsp3) is 0.368. The summed E-state index contributed by atoms with van der Waals surface area (Å²) in [6.07, 6.45) is 3.25. The molecule has 0 amide bonds. The Bertz CT molecular complexity index is 831. The molecule has 1 aromatic carbocycles. The second kappa shape index (κ2) is 8.57. The fourth-order valence-corrected chi connectivity index (χ4v) is 3.20. The van der Waals surface area contributed by atoms with Gasteiger partial charge in [0.25, 0.3) is 6.47 Å². The van der Waals surface area contributed by atoms with Crippen LogP contribution in [0, 0.1) is 5.82 Å². The van der Waals surface area contributed by atoms with E-state index in [1.54, 1.807) is 12.4 Å². The minimum absolute atomic E-state index is 0.463. The SMILES string of the molecule is CN(Cc1cncc(-c2ccc(F)c(OC(F)F)c2)c1)CC1(OC=O)CNC1. The van der Waals surface area contributed by atoms with Gasteiger partial charge in [-0.15, -0.1) is 0 Å². The first-order chi connectivity index (χ1) is 13.4. The van der Waals surface area contributed by atoms with Gasteiger partial charge in [-0.25, -0.2) is 4.39 Å². The molecule has 0 unspecified atom stereocenters. The zero-order valence-corrected chi connectivity index (χ0v) is 15.2. The lowest BCUT2D eigenvalue weighted by atomic mass is 9.96. The van der Waals surface area contributed by atoms with Crippen LogP contribution in [0.1, 0.15) is 5.56 Å². The maximum atomic E-state index is 13.6. The van der Waals surface area contributed by atoms with Gasteiger partial charge in [-0.1, -0.05) is 6.07 Å². The molecule has 0 saturated carbocycles. The molecule has 0 bridgehead atoms. The standard InChI is InChI=1S/C19H20F3N3O3/c1-25(11-19(27-12-26)9-24-10-19)8-13-4-15(7-23-6-13)14-2-3-16(20)17(5-14)28-18(21)22/h2-7,12,18,24H,8-11H2,1H3. The number of aromatic nitrogens is 1. The van der Waals surface area contributed by atoms with E-state index in [2.05, 4.69) is 15.0 Å². The van der Waals surface area contributed by atoms with Crippen LogP contribution in [0.25, 0.3) is 11.1 Å². The largest absolute Gasteiger partial charge is 0.457 e. The summed E-state index contributed by atoms with van der Waals surface area (Å²) in [5.41, 5.74) is 1.50. The number of hydrogen-bond donors (Lipinski definition) is 1. The first-order valence-corrected chi connectivity index (χ1v) is 8.60. The molecule has 1 saturated heterocycles. The number of alkyl halides is 2. The third-order valence-electron chi connectivity index (χ3n) is 4.48. The van der Waals surface area contributed by atoms with Crippen LogP contribution in [-0.4, -0.2) is 55.3 Å². The molecular formula is C19H20F3N3O3. The van der Waals surface area contributed by atoms with Crippen molar-refractivity contribution in [2.75, 3.05) is 26.7 Å². The second-order valence-electron chi connectivity index (χ2n) is 6.78. The highest BCUT2D eigenvalue weighted by atomic mass is 19.3. The van der Waals surface area contributed by atoms with E-state index in [0.717, 1.165) is 11.6 Å². The second-order valence-corrected chi connectivity index (χ2v) is 6.78. The Morgan fingerprint density at radius 2 is 2.07 bits per heavy atom. The summed E-state index contributed by atoms with van der Waals surface area (Å²) in [6, 6.07) is 5.62. The van der Waals surface area contributed by atoms with E-state index >= 15 is 0 Å². The maximum absolute atomic E-state index is 13.6. The lowest BCUT2D eigenvalue weighted by Gasteiger charge is -2.42. The summed E-state index contributed by atoms with van der Waals surface area (Å²) in [5, 5.41) is 3.09. The average Bonchev–Trinajstić information content (AvgIpc) is 2.61. The molecular weight excluding hydrogens is 375 g/mol. The zero-order chi connectivity index (χ0) is 20.1. The molecule has 0 radical (unpaired) electrons. The van der Waals surface area contributed by atoms with Gasteiger partial charge in [-0.05, 0) is 36.4 Å². The van der Waals surface area contributed by atoms with Crippen molar-refractivity contribution >= 4 is 6.47 Å². The van der Waals surface area contributed by atoms with Gasteiger partial charge in [-0.3, -0.25) is 14.7 Å². The van der Waals surface area contributed by atoms with E-state index in [4.69, 9.17) is 4.74 Å². The van der Waals surface area contributed by atoms with Crippen LogP contribution in [0.15, 0.2) is 36.7 Å². The van der Waals surface area contributed by atoms with Gasteiger partial charge in [0.2, 0.25) is 0 Å². The molecule has 2 heterocycles. The third kappa shape index (κ3) is 4.79. The molecule has 1 aliphatic heterocycles. The molecule has 1 aromatic heterocycles. The number of pyridine rings is 1. The van der Waals surface area contributed by atoms with Gasteiger partial charge in [0.1, 0.15) is 5.60 Å². The molecule has 150 valence electrons. The minimum Gasteiger partial charge on any atom is -0.457 e. The van der Waals surface area contributed by atoms with Crippen molar-refractivity contribution in [3.8, 4) is 16.9 Å². The molecule has 0 spiro atoms. The Labute approximate surface area is 160 Å². The van der Waals surface area contributed by atoms with Crippen molar-refractivity contribution < 1.29 is 27.4 Å². The molecule has 2 aromatic rings. The molecule has 6 nitrogen and oxygen atoms in total. The maximum Gasteiger partial charge on any atom is 0.387 e. The van der Waals surface area contributed by atoms with Gasteiger partial charge in [0, 0.05) is 44.1 Å². The number of benzene rings is 1. The van der Waals surface area contributed by atoms with Crippen LogP contribution >= 0.6 is 0 Å². The van der Waals surface area contributed by atoms with Crippen LogP contribution in [0.5, 0.6) is 5.75 Å². The summed E-state index contributed by atoms with van der Waals surface area (Å²) in [7, 11) is 1.90. The highest BCUT2D eigenvalue weighted by molar-refractivity contribution is 5.65. The number of carbonyl (C=O) groups is 1. The van der Waals surface area contributed by atoms with Crippen molar-refractivity contribution in [2.24, 2.45) is 0 Å². The molecule has 1 fully saturated rings. The van der Waals surface area contributed by atoms with Crippen LogP contribution < -0.4 is 10.1 Å². The topological polar surface area (TPSA) is 63.7 Å². The minimum atomic E-state index is -3.11. The highest BCUT2D eigenvalue weighted by Gasteiger charge is 2.40. The van der Waals surface area contributed by atoms with E-state index in [0.29, 0.717) is 43.8 Å². The van der Waals surface area contributed by atoms with E-state index in [1.807, 2.05) is 18.0 Å². The number of ether oxygens (including phenoxy) is 2. The zero-order valence-electron chi connectivity index (χ0n) is 15.2.